The lowest BCUT2D eigenvalue weighted by Gasteiger charge is -1.99. The zero-order valence-electron chi connectivity index (χ0n) is 10.3. The molecule has 0 spiro atoms. The molecule has 98 valence electrons. The number of carboxylic acids is 1. The fraction of sp³-hybridized carbons (Fsp3) is 0. The Bertz CT molecular complexity index is 753. The van der Waals surface area contributed by atoms with Gasteiger partial charge in [0.2, 0.25) is 5.82 Å². The van der Waals surface area contributed by atoms with Crippen LogP contribution < -0.4 is 0 Å². The molecule has 0 bridgehead atoms. The lowest BCUT2D eigenvalue weighted by Crippen LogP contribution is -2.01. The molecular weight excluding hydrogens is 256 g/mol. The van der Waals surface area contributed by atoms with Crippen molar-refractivity contribution in [1.29, 1.82) is 0 Å². The molecule has 3 aromatic rings. The molecule has 6 heteroatoms. The number of aromatic nitrogens is 4. The Labute approximate surface area is 114 Å². The Kier molecular flexibility index (Phi) is 2.96. The number of carbonyl (C=O) groups is 1. The van der Waals surface area contributed by atoms with E-state index in [1.165, 1.54) is 12.3 Å². The molecule has 0 aliphatic rings. The highest BCUT2D eigenvalue weighted by molar-refractivity contribution is 5.93. The second kappa shape index (κ2) is 4.93. The number of aromatic carboxylic acids is 1. The number of hydrogen-bond acceptors (Lipinski definition) is 4. The molecule has 1 aromatic carbocycles. The second-order valence-corrected chi connectivity index (χ2v) is 4.08. The van der Waals surface area contributed by atoms with Gasteiger partial charge in [0.05, 0.1) is 5.56 Å². The number of H-pyrrole nitrogens is 1. The first-order valence-corrected chi connectivity index (χ1v) is 5.92. The predicted octanol–water partition coefficient (Wildman–Crippen LogP) is 2.23. The lowest BCUT2D eigenvalue weighted by molar-refractivity contribution is 0.0697. The van der Waals surface area contributed by atoms with E-state index in [2.05, 4.69) is 20.2 Å². The van der Waals surface area contributed by atoms with Crippen molar-refractivity contribution in [3.8, 4) is 22.9 Å². The van der Waals surface area contributed by atoms with Gasteiger partial charge >= 0.3 is 5.97 Å². The third-order valence-corrected chi connectivity index (χ3v) is 2.78. The van der Waals surface area contributed by atoms with Gasteiger partial charge in [0.25, 0.3) is 0 Å². The molecule has 0 aliphatic heterocycles. The fourth-order valence-electron chi connectivity index (χ4n) is 1.85. The number of nitrogens with one attached hydrogen (secondary N) is 1. The van der Waals surface area contributed by atoms with Crippen LogP contribution in [0.5, 0.6) is 0 Å². The molecule has 20 heavy (non-hydrogen) atoms. The quantitative estimate of drug-likeness (QED) is 0.758. The van der Waals surface area contributed by atoms with E-state index in [0.29, 0.717) is 5.82 Å². The van der Waals surface area contributed by atoms with Gasteiger partial charge in [0.15, 0.2) is 5.82 Å². The van der Waals surface area contributed by atoms with Gasteiger partial charge in [0, 0.05) is 11.8 Å². The number of nitrogens with zero attached hydrogens (tertiary/aromatic N) is 3. The van der Waals surface area contributed by atoms with Crippen molar-refractivity contribution in [2.75, 3.05) is 0 Å². The molecule has 0 aliphatic carbocycles. The van der Waals surface area contributed by atoms with Crippen molar-refractivity contribution >= 4 is 5.97 Å². The summed E-state index contributed by atoms with van der Waals surface area (Å²) in [6.07, 6.45) is 1.51. The van der Waals surface area contributed by atoms with Crippen LogP contribution >= 0.6 is 0 Å². The summed E-state index contributed by atoms with van der Waals surface area (Å²) in [6.45, 7) is 0. The summed E-state index contributed by atoms with van der Waals surface area (Å²) in [5.41, 5.74) is 1.20. The SMILES string of the molecule is O=C(O)c1cccnc1-c1n[nH]c(-c2ccccc2)n1. The van der Waals surface area contributed by atoms with Crippen LogP contribution in [0.15, 0.2) is 48.7 Å². The monoisotopic (exact) mass is 266 g/mol. The molecular formula is C14H10N4O2. The number of benzene rings is 1. The van der Waals surface area contributed by atoms with Crippen LogP contribution in [0.3, 0.4) is 0 Å². The molecule has 6 nitrogen and oxygen atoms in total. The smallest absolute Gasteiger partial charge is 0.338 e. The first-order chi connectivity index (χ1) is 9.75. The minimum atomic E-state index is -1.06. The molecule has 0 amide bonds. The van der Waals surface area contributed by atoms with Gasteiger partial charge in [0.1, 0.15) is 5.69 Å². The highest BCUT2D eigenvalue weighted by Crippen LogP contribution is 2.20. The standard InChI is InChI=1S/C14H10N4O2/c19-14(20)10-7-4-8-15-11(10)13-16-12(17-18-13)9-5-2-1-3-6-9/h1-8H,(H,19,20)(H,16,17,18). The summed E-state index contributed by atoms with van der Waals surface area (Å²) in [5, 5.41) is 16.0. The Morgan fingerprint density at radius 2 is 1.90 bits per heavy atom. The largest absolute Gasteiger partial charge is 0.478 e. The number of rotatable bonds is 3. The maximum absolute atomic E-state index is 11.2. The molecule has 3 rings (SSSR count). The van der Waals surface area contributed by atoms with Crippen LogP contribution in [0.1, 0.15) is 10.4 Å². The summed E-state index contributed by atoms with van der Waals surface area (Å²) >= 11 is 0. The first kappa shape index (κ1) is 12.0. The van der Waals surface area contributed by atoms with E-state index < -0.39 is 5.97 Å². The van der Waals surface area contributed by atoms with Gasteiger partial charge in [-0.05, 0) is 12.1 Å². The van der Waals surface area contributed by atoms with Gasteiger partial charge < -0.3 is 5.11 Å². The molecule has 0 saturated heterocycles. The van der Waals surface area contributed by atoms with Crippen molar-refractivity contribution in [2.45, 2.75) is 0 Å². The van der Waals surface area contributed by atoms with Crippen molar-refractivity contribution in [1.82, 2.24) is 20.2 Å². The normalized spacial score (nSPS) is 10.4. The molecule has 0 atom stereocenters. The van der Waals surface area contributed by atoms with Crippen molar-refractivity contribution in [3.63, 3.8) is 0 Å². The van der Waals surface area contributed by atoms with Crippen LogP contribution in [0, 0.1) is 0 Å². The van der Waals surface area contributed by atoms with Crippen LogP contribution in [0.2, 0.25) is 0 Å². The maximum Gasteiger partial charge on any atom is 0.338 e. The van der Waals surface area contributed by atoms with Gasteiger partial charge in [-0.15, -0.1) is 0 Å². The van der Waals surface area contributed by atoms with E-state index in [9.17, 15) is 4.79 Å². The average Bonchev–Trinajstić information content (AvgIpc) is 2.98. The number of hydrogen-bond donors (Lipinski definition) is 2. The minimum Gasteiger partial charge on any atom is -0.478 e. The molecule has 0 radical (unpaired) electrons. The Hall–Kier alpha value is -3.02. The summed E-state index contributed by atoms with van der Waals surface area (Å²) in [6, 6.07) is 12.5. The average molecular weight is 266 g/mol. The van der Waals surface area contributed by atoms with Crippen molar-refractivity contribution < 1.29 is 9.90 Å². The maximum atomic E-state index is 11.2. The van der Waals surface area contributed by atoms with E-state index in [1.807, 2.05) is 30.3 Å². The third kappa shape index (κ3) is 2.14. The first-order valence-electron chi connectivity index (χ1n) is 5.92. The molecule has 0 fully saturated rings. The summed E-state index contributed by atoms with van der Waals surface area (Å²) in [7, 11) is 0. The molecule has 0 unspecified atom stereocenters. The van der Waals surface area contributed by atoms with Crippen molar-refractivity contribution in [2.24, 2.45) is 0 Å². The summed E-state index contributed by atoms with van der Waals surface area (Å²) < 4.78 is 0. The lowest BCUT2D eigenvalue weighted by atomic mass is 10.2. The van der Waals surface area contributed by atoms with Gasteiger partial charge in [-0.25, -0.2) is 9.78 Å². The minimum absolute atomic E-state index is 0.0751. The Morgan fingerprint density at radius 3 is 2.65 bits per heavy atom. The van der Waals surface area contributed by atoms with E-state index in [1.54, 1.807) is 6.07 Å². The van der Waals surface area contributed by atoms with Gasteiger partial charge in [-0.2, -0.15) is 5.10 Å². The second-order valence-electron chi connectivity index (χ2n) is 4.08. The predicted molar refractivity (Wildman–Crippen MR) is 72.0 cm³/mol. The summed E-state index contributed by atoms with van der Waals surface area (Å²) in [4.78, 5) is 19.5. The molecule has 2 aromatic heterocycles. The molecule has 2 N–H and O–H groups in total. The van der Waals surface area contributed by atoms with E-state index in [0.717, 1.165) is 5.56 Å². The number of pyridine rings is 1. The zero-order chi connectivity index (χ0) is 13.9. The van der Waals surface area contributed by atoms with Crippen LogP contribution in [-0.4, -0.2) is 31.2 Å². The van der Waals surface area contributed by atoms with Crippen molar-refractivity contribution in [3.05, 3.63) is 54.2 Å². The van der Waals surface area contributed by atoms with Crippen LogP contribution in [0.4, 0.5) is 0 Å². The molecule has 2 heterocycles. The Morgan fingerprint density at radius 1 is 1.10 bits per heavy atom. The number of aromatic amines is 1. The topological polar surface area (TPSA) is 91.8 Å². The van der Waals surface area contributed by atoms with Gasteiger partial charge in [-0.1, -0.05) is 30.3 Å². The highest BCUT2D eigenvalue weighted by atomic mass is 16.4. The zero-order valence-corrected chi connectivity index (χ0v) is 10.3. The van der Waals surface area contributed by atoms with E-state index in [-0.39, 0.29) is 17.1 Å². The number of carboxylic acid groups (broad SMARTS) is 1. The van der Waals surface area contributed by atoms with Crippen LogP contribution in [0.25, 0.3) is 22.9 Å². The molecule has 0 saturated carbocycles. The van der Waals surface area contributed by atoms with Gasteiger partial charge in [-0.3, -0.25) is 10.1 Å². The Balaban J connectivity index is 2.05. The summed E-state index contributed by atoms with van der Waals surface area (Å²) in [5.74, 6) is -0.219. The van der Waals surface area contributed by atoms with E-state index in [4.69, 9.17) is 5.11 Å². The fourth-order valence-corrected chi connectivity index (χ4v) is 1.85. The highest BCUT2D eigenvalue weighted by Gasteiger charge is 2.16. The third-order valence-electron chi connectivity index (χ3n) is 2.78. The van der Waals surface area contributed by atoms with Crippen LogP contribution in [-0.2, 0) is 0 Å². The van der Waals surface area contributed by atoms with E-state index >= 15 is 0 Å².